The minimum absolute atomic E-state index is 0.285. The second-order valence-corrected chi connectivity index (χ2v) is 2.35. The Labute approximate surface area is 51.4 Å². The standard InChI is InChI=1S/C7H13O/c1-5-6-8-7(2,3)4/h5-6H,2H2,1,3-4H3. The van der Waals surface area contributed by atoms with Crippen LogP contribution in [0.3, 0.4) is 0 Å². The Bertz CT molecular complexity index is 76.9. The third-order valence-corrected chi connectivity index (χ3v) is 0.523. The van der Waals surface area contributed by atoms with Gasteiger partial charge in [-0.05, 0) is 27.7 Å². The monoisotopic (exact) mass is 113 g/mol. The summed E-state index contributed by atoms with van der Waals surface area (Å²) in [5.41, 5.74) is -0.285. The summed E-state index contributed by atoms with van der Waals surface area (Å²) < 4.78 is 5.09. The molecule has 0 aliphatic carbocycles. The SMILES string of the molecule is [CH2]C(C)(C)OC=CC. The Morgan fingerprint density at radius 2 is 2.00 bits per heavy atom. The van der Waals surface area contributed by atoms with Crippen molar-refractivity contribution in [1.82, 2.24) is 0 Å². The number of ether oxygens (including phenoxy) is 1. The van der Waals surface area contributed by atoms with E-state index in [1.807, 2.05) is 26.8 Å². The van der Waals surface area contributed by atoms with Crippen LogP contribution in [0.2, 0.25) is 0 Å². The molecule has 0 saturated heterocycles. The second kappa shape index (κ2) is 2.75. The lowest BCUT2D eigenvalue weighted by Gasteiger charge is -2.16. The number of hydrogen-bond acceptors (Lipinski definition) is 1. The molecule has 0 atom stereocenters. The highest BCUT2D eigenvalue weighted by atomic mass is 16.5. The van der Waals surface area contributed by atoms with Crippen molar-refractivity contribution in [3.63, 3.8) is 0 Å². The summed E-state index contributed by atoms with van der Waals surface area (Å²) in [6.45, 7) is 9.46. The van der Waals surface area contributed by atoms with Crippen molar-refractivity contribution in [2.75, 3.05) is 0 Å². The molecular weight excluding hydrogens is 100 g/mol. The van der Waals surface area contributed by atoms with Crippen molar-refractivity contribution >= 4 is 0 Å². The number of rotatable bonds is 2. The molecule has 0 saturated carbocycles. The Kier molecular flexibility index (Phi) is 2.59. The van der Waals surface area contributed by atoms with E-state index >= 15 is 0 Å². The van der Waals surface area contributed by atoms with Crippen LogP contribution in [0, 0.1) is 6.92 Å². The van der Waals surface area contributed by atoms with E-state index in [1.54, 1.807) is 6.26 Å². The molecule has 0 amide bonds. The van der Waals surface area contributed by atoms with E-state index in [0.717, 1.165) is 0 Å². The summed E-state index contributed by atoms with van der Waals surface area (Å²) in [4.78, 5) is 0. The molecule has 0 unspecified atom stereocenters. The molecule has 8 heavy (non-hydrogen) atoms. The molecule has 1 radical (unpaired) electrons. The molecule has 0 bridgehead atoms. The summed E-state index contributed by atoms with van der Waals surface area (Å²) in [7, 11) is 0. The molecule has 0 spiro atoms. The number of allylic oxidation sites excluding steroid dienone is 1. The smallest absolute Gasteiger partial charge is 0.103 e. The van der Waals surface area contributed by atoms with Gasteiger partial charge in [-0.1, -0.05) is 6.08 Å². The van der Waals surface area contributed by atoms with Gasteiger partial charge in [0.15, 0.2) is 0 Å². The fraction of sp³-hybridized carbons (Fsp3) is 0.571. The maximum atomic E-state index is 5.09. The molecule has 0 aromatic rings. The first-order valence-corrected chi connectivity index (χ1v) is 2.70. The van der Waals surface area contributed by atoms with Gasteiger partial charge in [0.25, 0.3) is 0 Å². The highest BCUT2D eigenvalue weighted by Crippen LogP contribution is 2.05. The van der Waals surface area contributed by atoms with E-state index in [2.05, 4.69) is 6.92 Å². The predicted molar refractivity (Wildman–Crippen MR) is 35.3 cm³/mol. The molecule has 1 heteroatoms. The van der Waals surface area contributed by atoms with E-state index in [1.165, 1.54) is 0 Å². The number of hydrogen-bond donors (Lipinski definition) is 0. The van der Waals surface area contributed by atoms with Gasteiger partial charge in [-0.15, -0.1) is 0 Å². The van der Waals surface area contributed by atoms with E-state index < -0.39 is 0 Å². The van der Waals surface area contributed by atoms with Crippen molar-refractivity contribution in [2.24, 2.45) is 0 Å². The van der Waals surface area contributed by atoms with E-state index in [9.17, 15) is 0 Å². The van der Waals surface area contributed by atoms with Gasteiger partial charge in [-0.3, -0.25) is 0 Å². The average Bonchev–Trinajstić information content (AvgIpc) is 1.59. The van der Waals surface area contributed by atoms with Crippen LogP contribution in [-0.4, -0.2) is 5.60 Å². The van der Waals surface area contributed by atoms with Crippen LogP contribution in [0.15, 0.2) is 12.3 Å². The van der Waals surface area contributed by atoms with Crippen molar-refractivity contribution < 1.29 is 4.74 Å². The van der Waals surface area contributed by atoms with Crippen LogP contribution in [0.5, 0.6) is 0 Å². The summed E-state index contributed by atoms with van der Waals surface area (Å²) in [5, 5.41) is 0. The van der Waals surface area contributed by atoms with Gasteiger partial charge < -0.3 is 4.74 Å². The van der Waals surface area contributed by atoms with Gasteiger partial charge in [-0.25, -0.2) is 0 Å². The molecule has 0 aromatic heterocycles. The second-order valence-electron chi connectivity index (χ2n) is 2.35. The quantitative estimate of drug-likeness (QED) is 0.498. The lowest BCUT2D eigenvalue weighted by Crippen LogP contribution is -2.15. The van der Waals surface area contributed by atoms with E-state index in [4.69, 9.17) is 4.74 Å². The Balaban J connectivity index is 3.39. The van der Waals surface area contributed by atoms with Crippen LogP contribution in [0.25, 0.3) is 0 Å². The zero-order valence-corrected chi connectivity index (χ0v) is 5.77. The van der Waals surface area contributed by atoms with Crippen molar-refractivity contribution in [2.45, 2.75) is 26.4 Å². The normalized spacial score (nSPS) is 12.5. The zero-order chi connectivity index (χ0) is 6.62. The molecule has 0 rings (SSSR count). The third-order valence-electron chi connectivity index (χ3n) is 0.523. The molecule has 0 fully saturated rings. The van der Waals surface area contributed by atoms with Crippen LogP contribution >= 0.6 is 0 Å². The van der Waals surface area contributed by atoms with Crippen molar-refractivity contribution in [3.05, 3.63) is 19.3 Å². The highest BCUT2D eigenvalue weighted by Gasteiger charge is 2.06. The van der Waals surface area contributed by atoms with Crippen LogP contribution < -0.4 is 0 Å². The Morgan fingerprint density at radius 1 is 1.50 bits per heavy atom. The zero-order valence-electron chi connectivity index (χ0n) is 5.77. The Hall–Kier alpha value is -0.460. The molecule has 47 valence electrons. The third kappa shape index (κ3) is 5.54. The highest BCUT2D eigenvalue weighted by molar-refractivity contribution is 4.76. The van der Waals surface area contributed by atoms with Gasteiger partial charge in [0, 0.05) is 0 Å². The van der Waals surface area contributed by atoms with Crippen LogP contribution in [0.4, 0.5) is 0 Å². The van der Waals surface area contributed by atoms with Gasteiger partial charge >= 0.3 is 0 Å². The molecule has 0 aromatic carbocycles. The largest absolute Gasteiger partial charge is 0.496 e. The average molecular weight is 113 g/mol. The minimum Gasteiger partial charge on any atom is -0.496 e. The maximum absolute atomic E-state index is 5.09. The molecule has 0 aliphatic rings. The predicted octanol–water partition coefficient (Wildman–Crippen LogP) is 2.15. The molecule has 0 aliphatic heterocycles. The fourth-order valence-corrected chi connectivity index (χ4v) is 0.252. The summed E-state index contributed by atoms with van der Waals surface area (Å²) in [6, 6.07) is 0. The van der Waals surface area contributed by atoms with Crippen molar-refractivity contribution in [3.8, 4) is 0 Å². The first-order chi connectivity index (χ1) is 3.56. The lowest BCUT2D eigenvalue weighted by molar-refractivity contribution is 0.102. The van der Waals surface area contributed by atoms with Gasteiger partial charge in [-0.2, -0.15) is 0 Å². The fourth-order valence-electron chi connectivity index (χ4n) is 0.252. The van der Waals surface area contributed by atoms with E-state index in [0.29, 0.717) is 0 Å². The first kappa shape index (κ1) is 7.54. The first-order valence-electron chi connectivity index (χ1n) is 2.70. The lowest BCUT2D eigenvalue weighted by atomic mass is 10.2. The molecular formula is C7H13O. The molecule has 1 nitrogen and oxygen atoms in total. The summed E-state index contributed by atoms with van der Waals surface area (Å²) in [5.74, 6) is 0. The van der Waals surface area contributed by atoms with E-state index in [-0.39, 0.29) is 5.60 Å². The van der Waals surface area contributed by atoms with Crippen LogP contribution in [-0.2, 0) is 4.74 Å². The van der Waals surface area contributed by atoms with Gasteiger partial charge in [0.1, 0.15) is 5.60 Å². The molecule has 0 N–H and O–H groups in total. The topological polar surface area (TPSA) is 9.23 Å². The van der Waals surface area contributed by atoms with Gasteiger partial charge in [0.05, 0.1) is 6.26 Å². The van der Waals surface area contributed by atoms with Gasteiger partial charge in [0.2, 0.25) is 0 Å². The van der Waals surface area contributed by atoms with Crippen LogP contribution in [0.1, 0.15) is 20.8 Å². The summed E-state index contributed by atoms with van der Waals surface area (Å²) >= 11 is 0. The maximum Gasteiger partial charge on any atom is 0.103 e. The summed E-state index contributed by atoms with van der Waals surface area (Å²) in [6.07, 6.45) is 3.49. The Morgan fingerprint density at radius 3 is 2.12 bits per heavy atom. The minimum atomic E-state index is -0.285. The van der Waals surface area contributed by atoms with Crippen molar-refractivity contribution in [1.29, 1.82) is 0 Å². The molecule has 0 heterocycles.